The molecule has 0 saturated carbocycles. The van der Waals surface area contributed by atoms with Gasteiger partial charge in [-0.3, -0.25) is 19.6 Å². The fourth-order valence-electron chi connectivity index (χ4n) is 4.79. The summed E-state index contributed by atoms with van der Waals surface area (Å²) < 4.78 is 0. The number of halogens is 1. The van der Waals surface area contributed by atoms with Crippen LogP contribution in [0.2, 0.25) is 0 Å². The monoisotopic (exact) mass is 644 g/mol. The number of nitrogens with zero attached hydrogens (tertiary/aromatic N) is 2. The molecule has 9 heteroatoms. The number of amides is 2. The average Bonchev–Trinajstić information content (AvgIpc) is 3.11. The summed E-state index contributed by atoms with van der Waals surface area (Å²) in [7, 11) is 3.49. The SMILES string of the molecule is CN=C(NCc1ccccc1)c1ccc(NC(=O)c2ccc(C(=O)Nc3ccc(C(=NC)NCc4ccccc4)cc3)cc2)cc1.Cl. The molecule has 0 aliphatic rings. The number of nitrogens with one attached hydrogen (secondary N) is 4. The van der Waals surface area contributed by atoms with Crippen molar-refractivity contribution in [2.24, 2.45) is 9.98 Å². The van der Waals surface area contributed by atoms with Gasteiger partial charge in [-0.1, -0.05) is 60.7 Å². The van der Waals surface area contributed by atoms with Gasteiger partial charge in [0.25, 0.3) is 11.8 Å². The van der Waals surface area contributed by atoms with Gasteiger partial charge in [0.2, 0.25) is 0 Å². The molecule has 0 atom stereocenters. The number of carbonyl (C=O) groups excluding carboxylic acids is 2. The summed E-state index contributed by atoms with van der Waals surface area (Å²) in [6.07, 6.45) is 0. The molecule has 0 bridgehead atoms. The number of rotatable bonds is 10. The second kappa shape index (κ2) is 17.1. The van der Waals surface area contributed by atoms with Crippen molar-refractivity contribution >= 4 is 47.3 Å². The van der Waals surface area contributed by atoms with Gasteiger partial charge in [0, 0.05) is 60.8 Å². The van der Waals surface area contributed by atoms with E-state index in [4.69, 9.17) is 0 Å². The molecule has 5 aromatic carbocycles. The van der Waals surface area contributed by atoms with E-state index in [1.165, 1.54) is 0 Å². The Hall–Kier alpha value is -5.73. The highest BCUT2D eigenvalue weighted by Gasteiger charge is 2.11. The van der Waals surface area contributed by atoms with Gasteiger partial charge >= 0.3 is 0 Å². The zero-order valence-corrected chi connectivity index (χ0v) is 27.1. The van der Waals surface area contributed by atoms with E-state index in [9.17, 15) is 9.59 Å². The number of hydrogen-bond donors (Lipinski definition) is 4. The second-order valence-electron chi connectivity index (χ2n) is 10.5. The maximum Gasteiger partial charge on any atom is 0.255 e. The van der Waals surface area contributed by atoms with Crippen LogP contribution in [0.1, 0.15) is 43.0 Å². The Morgan fingerprint density at radius 1 is 0.468 bits per heavy atom. The van der Waals surface area contributed by atoms with Gasteiger partial charge in [-0.25, -0.2) is 0 Å². The van der Waals surface area contributed by atoms with Crippen molar-refractivity contribution in [3.63, 3.8) is 0 Å². The predicted octanol–water partition coefficient (Wildman–Crippen LogP) is 6.95. The van der Waals surface area contributed by atoms with E-state index >= 15 is 0 Å². The Labute approximate surface area is 281 Å². The minimum absolute atomic E-state index is 0. The molecule has 47 heavy (non-hydrogen) atoms. The molecule has 2 amide bonds. The summed E-state index contributed by atoms with van der Waals surface area (Å²) in [5, 5.41) is 12.5. The maximum atomic E-state index is 12.9. The zero-order valence-electron chi connectivity index (χ0n) is 26.2. The summed E-state index contributed by atoms with van der Waals surface area (Å²) in [6.45, 7) is 1.32. The van der Waals surface area contributed by atoms with E-state index < -0.39 is 0 Å². The van der Waals surface area contributed by atoms with Crippen molar-refractivity contribution in [2.45, 2.75) is 13.1 Å². The van der Waals surface area contributed by atoms with Crippen LogP contribution in [-0.4, -0.2) is 37.6 Å². The lowest BCUT2D eigenvalue weighted by Gasteiger charge is -2.12. The van der Waals surface area contributed by atoms with Crippen LogP contribution in [0.25, 0.3) is 0 Å². The molecule has 0 aliphatic carbocycles. The zero-order chi connectivity index (χ0) is 32.1. The molecule has 0 saturated heterocycles. The van der Waals surface area contributed by atoms with E-state index in [0.717, 1.165) is 33.9 Å². The lowest BCUT2D eigenvalue weighted by atomic mass is 10.1. The molecule has 5 aromatic rings. The van der Waals surface area contributed by atoms with E-state index in [1.54, 1.807) is 38.4 Å². The first-order chi connectivity index (χ1) is 22.5. The van der Waals surface area contributed by atoms with Gasteiger partial charge in [0.05, 0.1) is 0 Å². The van der Waals surface area contributed by atoms with Gasteiger partial charge in [-0.2, -0.15) is 0 Å². The van der Waals surface area contributed by atoms with Crippen LogP contribution < -0.4 is 21.3 Å². The Balaban J connectivity index is 0.00000500. The average molecular weight is 645 g/mol. The smallest absolute Gasteiger partial charge is 0.255 e. The van der Waals surface area contributed by atoms with Crippen molar-refractivity contribution in [2.75, 3.05) is 24.7 Å². The molecule has 0 heterocycles. The summed E-state index contributed by atoms with van der Waals surface area (Å²) in [4.78, 5) is 34.5. The number of anilines is 2. The van der Waals surface area contributed by atoms with Gasteiger partial charge in [-0.15, -0.1) is 12.4 Å². The van der Waals surface area contributed by atoms with E-state index in [-0.39, 0.29) is 24.2 Å². The molecule has 0 radical (unpaired) electrons. The van der Waals surface area contributed by atoms with Gasteiger partial charge in [-0.05, 0) is 83.9 Å². The lowest BCUT2D eigenvalue weighted by Crippen LogP contribution is -2.24. The molecule has 0 aromatic heterocycles. The van der Waals surface area contributed by atoms with E-state index in [1.807, 2.05) is 84.9 Å². The topological polar surface area (TPSA) is 107 Å². The highest BCUT2D eigenvalue weighted by Crippen LogP contribution is 2.15. The number of aliphatic imine (C=N–C) groups is 2. The standard InChI is InChI=1S/C38H36N6O2.ClH/c1-39-35(41-25-27-9-5-3-6-10-27)29-17-21-33(22-18-29)43-37(45)31-13-15-32(16-14-31)38(46)44-34-23-19-30(20-24-34)36(40-2)42-26-28-11-7-4-8-12-28;/h3-24H,25-26H2,1-2H3,(H,39,41)(H,40,42)(H,43,45)(H,44,46);1H. The first-order valence-electron chi connectivity index (χ1n) is 14.9. The molecule has 238 valence electrons. The molecule has 5 rings (SSSR count). The quantitative estimate of drug-likeness (QED) is 0.0975. The summed E-state index contributed by atoms with van der Waals surface area (Å²) >= 11 is 0. The molecule has 0 fully saturated rings. The fourth-order valence-corrected chi connectivity index (χ4v) is 4.79. The highest BCUT2D eigenvalue weighted by atomic mass is 35.5. The number of amidine groups is 2. The summed E-state index contributed by atoms with van der Waals surface area (Å²) in [6, 6.07) is 41.8. The van der Waals surface area contributed by atoms with Crippen LogP contribution in [0.5, 0.6) is 0 Å². The number of hydrogen-bond acceptors (Lipinski definition) is 4. The normalized spacial score (nSPS) is 11.2. The predicted molar refractivity (Wildman–Crippen MR) is 194 cm³/mol. The van der Waals surface area contributed by atoms with Gasteiger partial charge in [0.1, 0.15) is 11.7 Å². The summed E-state index contributed by atoms with van der Waals surface area (Å²) in [5.74, 6) is 0.996. The number of carbonyl (C=O) groups is 2. The molecule has 0 spiro atoms. The molecule has 0 unspecified atom stereocenters. The third-order valence-electron chi connectivity index (χ3n) is 7.29. The molecular formula is C38H37ClN6O2. The minimum atomic E-state index is -0.267. The van der Waals surface area contributed by atoms with Crippen molar-refractivity contribution in [3.8, 4) is 0 Å². The van der Waals surface area contributed by atoms with Crippen LogP contribution >= 0.6 is 12.4 Å². The maximum absolute atomic E-state index is 12.9. The van der Waals surface area contributed by atoms with Crippen molar-refractivity contribution in [1.82, 2.24) is 10.6 Å². The molecule has 4 N–H and O–H groups in total. The van der Waals surface area contributed by atoms with Gasteiger partial charge < -0.3 is 21.3 Å². The van der Waals surface area contributed by atoms with Crippen LogP contribution in [0, 0.1) is 0 Å². The molecule has 0 aliphatic heterocycles. The lowest BCUT2D eigenvalue weighted by molar-refractivity contribution is 0.101. The summed E-state index contributed by atoms with van der Waals surface area (Å²) in [5.41, 5.74) is 6.36. The second-order valence-corrected chi connectivity index (χ2v) is 10.5. The third-order valence-corrected chi connectivity index (χ3v) is 7.29. The highest BCUT2D eigenvalue weighted by molar-refractivity contribution is 6.07. The van der Waals surface area contributed by atoms with Crippen LogP contribution in [0.4, 0.5) is 11.4 Å². The minimum Gasteiger partial charge on any atom is -0.366 e. The van der Waals surface area contributed by atoms with Crippen molar-refractivity contribution in [1.29, 1.82) is 0 Å². The molecule has 8 nitrogen and oxygen atoms in total. The largest absolute Gasteiger partial charge is 0.366 e. The third kappa shape index (κ3) is 9.63. The Morgan fingerprint density at radius 3 is 1.11 bits per heavy atom. The Bertz CT molecular complexity index is 1670. The Morgan fingerprint density at radius 2 is 0.787 bits per heavy atom. The van der Waals surface area contributed by atoms with Crippen LogP contribution in [0.15, 0.2) is 143 Å². The van der Waals surface area contributed by atoms with Gasteiger partial charge in [0.15, 0.2) is 0 Å². The van der Waals surface area contributed by atoms with Crippen LogP contribution in [-0.2, 0) is 13.1 Å². The fraction of sp³-hybridized carbons (Fsp3) is 0.105. The first-order valence-corrected chi connectivity index (χ1v) is 14.9. The Kier molecular flexibility index (Phi) is 12.4. The van der Waals surface area contributed by atoms with Crippen LogP contribution in [0.3, 0.4) is 0 Å². The number of benzene rings is 5. The molecular weight excluding hydrogens is 608 g/mol. The van der Waals surface area contributed by atoms with E-state index in [0.29, 0.717) is 35.6 Å². The first kappa shape index (κ1) is 34.1. The van der Waals surface area contributed by atoms with Crippen molar-refractivity contribution < 1.29 is 9.59 Å². The van der Waals surface area contributed by atoms with Crippen molar-refractivity contribution in [3.05, 3.63) is 167 Å². The van der Waals surface area contributed by atoms with E-state index in [2.05, 4.69) is 55.5 Å².